The van der Waals surface area contributed by atoms with E-state index in [2.05, 4.69) is 20.6 Å². The van der Waals surface area contributed by atoms with Crippen molar-refractivity contribution < 1.29 is 14.3 Å². The van der Waals surface area contributed by atoms with Gasteiger partial charge >= 0.3 is 0 Å². The molecule has 184 valence electrons. The summed E-state index contributed by atoms with van der Waals surface area (Å²) >= 11 is 6.08. The van der Waals surface area contributed by atoms with Crippen LogP contribution in [0.1, 0.15) is 26.3 Å². The molecular formula is C29H23ClN4O3. The lowest BCUT2D eigenvalue weighted by atomic mass is 10.1. The minimum Gasteiger partial charge on any atom is -0.497 e. The molecule has 0 bridgehead atoms. The van der Waals surface area contributed by atoms with Crippen LogP contribution in [0.15, 0.2) is 84.9 Å². The summed E-state index contributed by atoms with van der Waals surface area (Å²) in [5.41, 5.74) is 5.68. The lowest BCUT2D eigenvalue weighted by Crippen LogP contribution is -2.12. The van der Waals surface area contributed by atoms with Crippen molar-refractivity contribution in [2.75, 3.05) is 17.7 Å². The Balaban J connectivity index is 1.29. The van der Waals surface area contributed by atoms with Crippen LogP contribution < -0.4 is 15.4 Å². The number of benzene rings is 4. The molecule has 0 spiro atoms. The molecule has 5 aromatic rings. The lowest BCUT2D eigenvalue weighted by molar-refractivity contribution is 0.101. The van der Waals surface area contributed by atoms with Crippen molar-refractivity contribution in [3.05, 3.63) is 107 Å². The summed E-state index contributed by atoms with van der Waals surface area (Å²) in [5, 5.41) is 6.32. The normalized spacial score (nSPS) is 10.8. The van der Waals surface area contributed by atoms with E-state index < -0.39 is 0 Å². The van der Waals surface area contributed by atoms with Crippen molar-refractivity contribution in [2.45, 2.75) is 6.92 Å². The SMILES string of the molecule is COc1ccc(C(=O)Nc2ccc3nc(-c4ccc(NC(=O)c5cc(C)cc(Cl)c5)cc4)[nH]c3c2)cc1. The largest absolute Gasteiger partial charge is 0.497 e. The van der Waals surface area contributed by atoms with E-state index in [4.69, 9.17) is 16.3 Å². The first-order valence-electron chi connectivity index (χ1n) is 11.5. The second-order valence-corrected chi connectivity index (χ2v) is 8.99. The van der Waals surface area contributed by atoms with Gasteiger partial charge in [0, 0.05) is 33.1 Å². The third-order valence-corrected chi connectivity index (χ3v) is 6.03. The van der Waals surface area contributed by atoms with Gasteiger partial charge in [-0.3, -0.25) is 9.59 Å². The van der Waals surface area contributed by atoms with Gasteiger partial charge in [-0.15, -0.1) is 0 Å². The molecule has 0 radical (unpaired) electrons. The number of nitrogens with zero attached hydrogens (tertiary/aromatic N) is 1. The number of ether oxygens (including phenoxy) is 1. The number of carbonyl (C=O) groups excluding carboxylic acids is 2. The van der Waals surface area contributed by atoms with Gasteiger partial charge in [0.25, 0.3) is 11.8 Å². The smallest absolute Gasteiger partial charge is 0.255 e. The number of rotatable bonds is 6. The highest BCUT2D eigenvalue weighted by molar-refractivity contribution is 6.31. The summed E-state index contributed by atoms with van der Waals surface area (Å²) in [7, 11) is 1.58. The Morgan fingerprint density at radius 3 is 2.19 bits per heavy atom. The van der Waals surface area contributed by atoms with Crippen LogP contribution in [0.4, 0.5) is 11.4 Å². The molecule has 4 aromatic carbocycles. The third kappa shape index (κ3) is 5.47. The second-order valence-electron chi connectivity index (χ2n) is 8.55. The van der Waals surface area contributed by atoms with Crippen LogP contribution in [0.5, 0.6) is 5.75 Å². The maximum Gasteiger partial charge on any atom is 0.255 e. The number of carbonyl (C=O) groups is 2. The molecule has 0 aliphatic rings. The van der Waals surface area contributed by atoms with Crippen molar-refractivity contribution >= 4 is 45.8 Å². The molecule has 8 heteroatoms. The number of imidazole rings is 1. The fourth-order valence-corrected chi connectivity index (χ4v) is 4.24. The fraction of sp³-hybridized carbons (Fsp3) is 0.0690. The summed E-state index contributed by atoms with van der Waals surface area (Å²) in [5.74, 6) is 0.921. The minimum atomic E-state index is -0.230. The van der Waals surface area contributed by atoms with Crippen LogP contribution in [0.25, 0.3) is 22.4 Å². The lowest BCUT2D eigenvalue weighted by Gasteiger charge is -2.07. The predicted molar refractivity (Wildman–Crippen MR) is 147 cm³/mol. The van der Waals surface area contributed by atoms with Gasteiger partial charge in [0.05, 0.1) is 18.1 Å². The van der Waals surface area contributed by atoms with Gasteiger partial charge in [0.1, 0.15) is 11.6 Å². The molecule has 0 saturated heterocycles. The molecular weight excluding hydrogens is 488 g/mol. The average Bonchev–Trinajstić information content (AvgIpc) is 3.32. The van der Waals surface area contributed by atoms with Crippen LogP contribution in [0, 0.1) is 6.92 Å². The van der Waals surface area contributed by atoms with Crippen molar-refractivity contribution in [1.29, 1.82) is 0 Å². The summed E-state index contributed by atoms with van der Waals surface area (Å²) in [6.07, 6.45) is 0. The summed E-state index contributed by atoms with van der Waals surface area (Å²) in [4.78, 5) is 33.1. The van der Waals surface area contributed by atoms with E-state index in [1.165, 1.54) is 0 Å². The summed E-state index contributed by atoms with van der Waals surface area (Å²) in [6, 6.07) is 25.0. The molecule has 0 unspecified atom stereocenters. The van der Waals surface area contributed by atoms with E-state index in [0.29, 0.717) is 39.1 Å². The van der Waals surface area contributed by atoms with Gasteiger partial charge < -0.3 is 20.4 Å². The first kappa shape index (κ1) is 24.1. The number of hydrogen-bond acceptors (Lipinski definition) is 4. The molecule has 37 heavy (non-hydrogen) atoms. The summed E-state index contributed by atoms with van der Waals surface area (Å²) < 4.78 is 5.14. The predicted octanol–water partition coefficient (Wildman–Crippen LogP) is 6.70. The topological polar surface area (TPSA) is 96.1 Å². The Labute approximate surface area is 218 Å². The second kappa shape index (κ2) is 10.2. The van der Waals surface area contributed by atoms with Crippen LogP contribution in [-0.4, -0.2) is 28.9 Å². The van der Waals surface area contributed by atoms with Gasteiger partial charge in [0.15, 0.2) is 0 Å². The molecule has 0 fully saturated rings. The van der Waals surface area contributed by atoms with Crippen LogP contribution in [0.2, 0.25) is 5.02 Å². The number of methoxy groups -OCH3 is 1. The van der Waals surface area contributed by atoms with Crippen LogP contribution in [-0.2, 0) is 0 Å². The first-order chi connectivity index (χ1) is 17.9. The van der Waals surface area contributed by atoms with E-state index in [9.17, 15) is 9.59 Å². The van der Waals surface area contributed by atoms with Crippen LogP contribution in [0.3, 0.4) is 0 Å². The molecule has 5 rings (SSSR count). The van der Waals surface area contributed by atoms with Gasteiger partial charge in [0.2, 0.25) is 0 Å². The molecule has 7 nitrogen and oxygen atoms in total. The maximum absolute atomic E-state index is 12.6. The zero-order valence-corrected chi connectivity index (χ0v) is 20.9. The van der Waals surface area contributed by atoms with E-state index in [-0.39, 0.29) is 11.8 Å². The van der Waals surface area contributed by atoms with Gasteiger partial charge in [-0.1, -0.05) is 11.6 Å². The zero-order chi connectivity index (χ0) is 25.9. The highest BCUT2D eigenvalue weighted by Gasteiger charge is 2.11. The number of aromatic nitrogens is 2. The Bertz CT molecular complexity index is 1590. The van der Waals surface area contributed by atoms with E-state index in [0.717, 1.165) is 22.2 Å². The zero-order valence-electron chi connectivity index (χ0n) is 20.1. The summed E-state index contributed by atoms with van der Waals surface area (Å²) in [6.45, 7) is 1.89. The number of hydrogen-bond donors (Lipinski definition) is 3. The monoisotopic (exact) mass is 510 g/mol. The minimum absolute atomic E-state index is 0.215. The number of nitrogens with one attached hydrogen (secondary N) is 3. The molecule has 2 amide bonds. The van der Waals surface area contributed by atoms with Gasteiger partial charge in [-0.2, -0.15) is 0 Å². The number of amides is 2. The Morgan fingerprint density at radius 1 is 0.811 bits per heavy atom. The quantitative estimate of drug-likeness (QED) is 0.236. The van der Waals surface area contributed by atoms with E-state index in [1.807, 2.05) is 49.4 Å². The van der Waals surface area contributed by atoms with Crippen LogP contribution >= 0.6 is 11.6 Å². The molecule has 1 aromatic heterocycles. The molecule has 0 aliphatic carbocycles. The number of H-pyrrole nitrogens is 1. The third-order valence-electron chi connectivity index (χ3n) is 5.81. The van der Waals surface area contributed by atoms with Gasteiger partial charge in [-0.05, 0) is 97.4 Å². The van der Waals surface area contributed by atoms with E-state index >= 15 is 0 Å². The molecule has 0 aliphatic heterocycles. The number of aromatic amines is 1. The first-order valence-corrected chi connectivity index (χ1v) is 11.9. The van der Waals surface area contributed by atoms with Crippen molar-refractivity contribution in [3.8, 4) is 17.1 Å². The number of fused-ring (bicyclic) bond motifs is 1. The standard InChI is InChI=1S/C29H23ClN4O3/c1-17-13-20(15-21(30)14-17)29(36)31-22-7-3-18(4-8-22)27-33-25-12-9-23(16-26(25)34-27)32-28(35)19-5-10-24(37-2)11-6-19/h3-16H,1-2H3,(H,31,36)(H,32,35)(H,33,34). The molecule has 0 atom stereocenters. The highest BCUT2D eigenvalue weighted by Crippen LogP contribution is 2.25. The Hall–Kier alpha value is -4.62. The van der Waals surface area contributed by atoms with Crippen molar-refractivity contribution in [1.82, 2.24) is 9.97 Å². The number of halogens is 1. The van der Waals surface area contributed by atoms with E-state index in [1.54, 1.807) is 49.6 Å². The Morgan fingerprint density at radius 2 is 1.49 bits per heavy atom. The highest BCUT2D eigenvalue weighted by atomic mass is 35.5. The van der Waals surface area contributed by atoms with Gasteiger partial charge in [-0.25, -0.2) is 4.98 Å². The molecule has 3 N–H and O–H groups in total. The maximum atomic E-state index is 12.6. The molecule has 0 saturated carbocycles. The average molecular weight is 511 g/mol. The fourth-order valence-electron chi connectivity index (χ4n) is 3.95. The number of anilines is 2. The van der Waals surface area contributed by atoms with Crippen molar-refractivity contribution in [2.24, 2.45) is 0 Å². The Kier molecular flexibility index (Phi) is 6.62. The molecule has 1 heterocycles. The van der Waals surface area contributed by atoms with Crippen molar-refractivity contribution in [3.63, 3.8) is 0 Å². The number of aryl methyl sites for hydroxylation is 1.